The van der Waals surface area contributed by atoms with Gasteiger partial charge in [0.2, 0.25) is 0 Å². The fraction of sp³-hybridized carbons (Fsp3) is 0.500. The summed E-state index contributed by atoms with van der Waals surface area (Å²) >= 11 is 0. The van der Waals surface area contributed by atoms with Gasteiger partial charge in [-0.05, 0) is 49.8 Å². The Bertz CT molecular complexity index is 636. The Morgan fingerprint density at radius 1 is 1.15 bits per heavy atom. The summed E-state index contributed by atoms with van der Waals surface area (Å²) in [6.07, 6.45) is 3.46. The average Bonchev–Trinajstić information content (AvgIpc) is 2.83. The van der Waals surface area contributed by atoms with Crippen LogP contribution >= 0.6 is 0 Å². The molecule has 0 bridgehead atoms. The Morgan fingerprint density at radius 3 is 2.60 bits per heavy atom. The van der Waals surface area contributed by atoms with Gasteiger partial charge in [-0.3, -0.25) is 4.68 Å². The van der Waals surface area contributed by atoms with Crippen LogP contribution in [0.1, 0.15) is 23.4 Å². The Hall–Kier alpha value is -1.84. The number of hydrogen-bond acceptors (Lipinski definition) is 3. The van der Waals surface area contributed by atoms with Crippen molar-refractivity contribution < 1.29 is 0 Å². The first kappa shape index (κ1) is 11.9. The van der Waals surface area contributed by atoms with E-state index in [0.717, 1.165) is 35.6 Å². The standard InChI is InChI=1S/C16H20N4/c1-11-5-6-20(18-11)10-13-3-4-16(17-12(13)2)19-8-14-7-15(14)9-19/h3-6,14-15H,7-10H2,1-2H3. The maximum Gasteiger partial charge on any atom is 0.128 e. The first-order valence-corrected chi connectivity index (χ1v) is 7.40. The zero-order chi connectivity index (χ0) is 13.7. The summed E-state index contributed by atoms with van der Waals surface area (Å²) in [5.41, 5.74) is 3.43. The number of aryl methyl sites for hydroxylation is 2. The highest BCUT2D eigenvalue weighted by Crippen LogP contribution is 2.45. The van der Waals surface area contributed by atoms with Crippen molar-refractivity contribution in [2.45, 2.75) is 26.8 Å². The molecule has 0 radical (unpaired) electrons. The quantitative estimate of drug-likeness (QED) is 0.857. The summed E-state index contributed by atoms with van der Waals surface area (Å²) in [6, 6.07) is 6.41. The molecule has 4 rings (SSSR count). The van der Waals surface area contributed by atoms with Crippen LogP contribution in [0.2, 0.25) is 0 Å². The lowest BCUT2D eigenvalue weighted by molar-refractivity contribution is 0.673. The molecule has 2 aromatic heterocycles. The van der Waals surface area contributed by atoms with Crippen molar-refractivity contribution in [3.63, 3.8) is 0 Å². The maximum absolute atomic E-state index is 4.80. The van der Waals surface area contributed by atoms with E-state index in [0.29, 0.717) is 0 Å². The van der Waals surface area contributed by atoms with Gasteiger partial charge in [-0.1, -0.05) is 6.07 Å². The Balaban J connectivity index is 1.53. The molecule has 0 aromatic carbocycles. The third-order valence-corrected chi connectivity index (χ3v) is 4.59. The third kappa shape index (κ3) is 2.09. The highest BCUT2D eigenvalue weighted by molar-refractivity contribution is 5.44. The average molecular weight is 268 g/mol. The van der Waals surface area contributed by atoms with Crippen molar-refractivity contribution in [3.8, 4) is 0 Å². The highest BCUT2D eigenvalue weighted by Gasteiger charge is 2.45. The predicted octanol–water partition coefficient (Wildman–Crippen LogP) is 2.40. The second-order valence-corrected chi connectivity index (χ2v) is 6.23. The molecule has 3 heterocycles. The maximum atomic E-state index is 4.80. The van der Waals surface area contributed by atoms with Gasteiger partial charge in [0.25, 0.3) is 0 Å². The number of aromatic nitrogens is 3. The van der Waals surface area contributed by atoms with Crippen LogP contribution in [0.3, 0.4) is 0 Å². The monoisotopic (exact) mass is 268 g/mol. The van der Waals surface area contributed by atoms with E-state index < -0.39 is 0 Å². The molecule has 20 heavy (non-hydrogen) atoms. The van der Waals surface area contributed by atoms with Crippen molar-refractivity contribution in [1.82, 2.24) is 14.8 Å². The van der Waals surface area contributed by atoms with Gasteiger partial charge < -0.3 is 4.90 Å². The van der Waals surface area contributed by atoms with Crippen LogP contribution in [0.5, 0.6) is 0 Å². The number of anilines is 1. The SMILES string of the molecule is Cc1ccn(Cc2ccc(N3CC4CC4C3)nc2C)n1. The lowest BCUT2D eigenvalue weighted by atomic mass is 10.2. The van der Waals surface area contributed by atoms with Gasteiger partial charge in [0.05, 0.1) is 12.2 Å². The Morgan fingerprint density at radius 2 is 1.95 bits per heavy atom. The molecule has 2 aromatic rings. The van der Waals surface area contributed by atoms with Crippen LogP contribution in [0, 0.1) is 25.7 Å². The van der Waals surface area contributed by atoms with E-state index in [1.54, 1.807) is 0 Å². The number of nitrogens with zero attached hydrogens (tertiary/aromatic N) is 4. The molecule has 2 fully saturated rings. The summed E-state index contributed by atoms with van der Waals surface area (Å²) < 4.78 is 1.98. The lowest BCUT2D eigenvalue weighted by Gasteiger charge is -2.20. The molecule has 2 aliphatic rings. The molecule has 4 heteroatoms. The molecule has 1 aliphatic carbocycles. The normalized spacial score (nSPS) is 24.0. The van der Waals surface area contributed by atoms with E-state index in [1.165, 1.54) is 25.1 Å². The van der Waals surface area contributed by atoms with E-state index in [2.05, 4.69) is 29.1 Å². The first-order chi connectivity index (χ1) is 9.69. The van der Waals surface area contributed by atoms with Gasteiger partial charge in [-0.2, -0.15) is 5.10 Å². The molecule has 2 unspecified atom stereocenters. The van der Waals surface area contributed by atoms with Crippen LogP contribution < -0.4 is 4.90 Å². The minimum atomic E-state index is 0.804. The molecule has 0 spiro atoms. The number of piperidine rings is 1. The lowest BCUT2D eigenvalue weighted by Crippen LogP contribution is -2.23. The molecule has 104 valence electrons. The zero-order valence-corrected chi connectivity index (χ0v) is 12.1. The second kappa shape index (κ2) is 4.33. The summed E-state index contributed by atoms with van der Waals surface area (Å²) in [5.74, 6) is 3.04. The first-order valence-electron chi connectivity index (χ1n) is 7.40. The van der Waals surface area contributed by atoms with Gasteiger partial charge >= 0.3 is 0 Å². The summed E-state index contributed by atoms with van der Waals surface area (Å²) in [4.78, 5) is 7.24. The molecule has 1 saturated heterocycles. The molecule has 2 atom stereocenters. The van der Waals surface area contributed by atoms with E-state index in [-0.39, 0.29) is 0 Å². The zero-order valence-electron chi connectivity index (χ0n) is 12.1. The molecule has 4 nitrogen and oxygen atoms in total. The number of pyridine rings is 1. The van der Waals surface area contributed by atoms with Crippen LogP contribution in [-0.2, 0) is 6.54 Å². The minimum absolute atomic E-state index is 0.804. The Kier molecular flexibility index (Phi) is 2.59. The molecular formula is C16H20N4. The van der Waals surface area contributed by atoms with E-state index in [9.17, 15) is 0 Å². The molecular weight excluding hydrogens is 248 g/mol. The van der Waals surface area contributed by atoms with Crippen molar-refractivity contribution in [2.75, 3.05) is 18.0 Å². The van der Waals surface area contributed by atoms with E-state index in [1.807, 2.05) is 23.9 Å². The molecule has 0 N–H and O–H groups in total. The largest absolute Gasteiger partial charge is 0.356 e. The van der Waals surface area contributed by atoms with Gasteiger partial charge in [-0.25, -0.2) is 4.98 Å². The van der Waals surface area contributed by atoms with E-state index >= 15 is 0 Å². The molecule has 0 amide bonds. The predicted molar refractivity (Wildman–Crippen MR) is 78.9 cm³/mol. The summed E-state index contributed by atoms with van der Waals surface area (Å²) in [7, 11) is 0. The summed E-state index contributed by atoms with van der Waals surface area (Å²) in [5, 5.41) is 4.44. The van der Waals surface area contributed by atoms with Crippen molar-refractivity contribution in [3.05, 3.63) is 41.3 Å². The van der Waals surface area contributed by atoms with Crippen LogP contribution in [0.25, 0.3) is 0 Å². The minimum Gasteiger partial charge on any atom is -0.356 e. The molecule has 1 aliphatic heterocycles. The van der Waals surface area contributed by atoms with Gasteiger partial charge in [0.15, 0.2) is 0 Å². The molecule has 1 saturated carbocycles. The third-order valence-electron chi connectivity index (χ3n) is 4.59. The van der Waals surface area contributed by atoms with Crippen LogP contribution in [0.15, 0.2) is 24.4 Å². The highest BCUT2D eigenvalue weighted by atomic mass is 15.3. The van der Waals surface area contributed by atoms with Gasteiger partial charge in [-0.15, -0.1) is 0 Å². The number of rotatable bonds is 3. The fourth-order valence-electron chi connectivity index (χ4n) is 3.23. The topological polar surface area (TPSA) is 34.0 Å². The van der Waals surface area contributed by atoms with Crippen LogP contribution in [0.4, 0.5) is 5.82 Å². The van der Waals surface area contributed by atoms with Gasteiger partial charge in [0.1, 0.15) is 5.82 Å². The fourth-order valence-corrected chi connectivity index (χ4v) is 3.23. The smallest absolute Gasteiger partial charge is 0.128 e. The summed E-state index contributed by atoms with van der Waals surface area (Å²) in [6.45, 7) is 7.33. The number of hydrogen-bond donors (Lipinski definition) is 0. The van der Waals surface area contributed by atoms with Crippen molar-refractivity contribution >= 4 is 5.82 Å². The van der Waals surface area contributed by atoms with Gasteiger partial charge in [0, 0.05) is 25.0 Å². The van der Waals surface area contributed by atoms with Crippen molar-refractivity contribution in [1.29, 1.82) is 0 Å². The Labute approximate surface area is 119 Å². The second-order valence-electron chi connectivity index (χ2n) is 6.23. The number of fused-ring (bicyclic) bond motifs is 1. The van der Waals surface area contributed by atoms with Crippen LogP contribution in [-0.4, -0.2) is 27.9 Å². The van der Waals surface area contributed by atoms with E-state index in [4.69, 9.17) is 4.98 Å². The van der Waals surface area contributed by atoms with Crippen molar-refractivity contribution in [2.24, 2.45) is 11.8 Å².